The molecule has 0 bridgehead atoms. The Balaban J connectivity index is 1.69. The van der Waals surface area contributed by atoms with Crippen molar-refractivity contribution in [2.24, 2.45) is 5.92 Å². The van der Waals surface area contributed by atoms with Crippen LogP contribution >= 0.6 is 0 Å². The zero-order valence-electron chi connectivity index (χ0n) is 11.5. The van der Waals surface area contributed by atoms with Crippen LogP contribution in [0, 0.1) is 5.92 Å². The van der Waals surface area contributed by atoms with E-state index in [4.69, 9.17) is 0 Å². The minimum atomic E-state index is 1.02. The van der Waals surface area contributed by atoms with Gasteiger partial charge in [0, 0.05) is 6.54 Å². The zero-order chi connectivity index (χ0) is 12.6. The van der Waals surface area contributed by atoms with Crippen LogP contribution in [0.5, 0.6) is 0 Å². The van der Waals surface area contributed by atoms with Crippen LogP contribution in [0.1, 0.15) is 36.8 Å². The molecule has 0 unspecified atom stereocenters. The minimum absolute atomic E-state index is 1.02. The van der Waals surface area contributed by atoms with Crippen LogP contribution in [-0.4, -0.2) is 20.1 Å². The quantitative estimate of drug-likeness (QED) is 0.655. The van der Waals surface area contributed by atoms with Crippen molar-refractivity contribution in [1.29, 1.82) is 0 Å². The first-order valence-corrected chi connectivity index (χ1v) is 7.32. The number of rotatable bonds is 9. The van der Waals surface area contributed by atoms with Gasteiger partial charge in [-0.1, -0.05) is 37.1 Å². The second-order valence-corrected chi connectivity index (χ2v) is 5.38. The van der Waals surface area contributed by atoms with Gasteiger partial charge in [-0.15, -0.1) is 0 Å². The SMILES string of the molecule is CNCCc1ccccc1CNCCCC1CC1. The topological polar surface area (TPSA) is 24.1 Å². The van der Waals surface area contributed by atoms with E-state index >= 15 is 0 Å². The molecule has 0 saturated heterocycles. The van der Waals surface area contributed by atoms with Gasteiger partial charge in [0.25, 0.3) is 0 Å². The van der Waals surface area contributed by atoms with Gasteiger partial charge in [0.15, 0.2) is 0 Å². The maximum Gasteiger partial charge on any atom is 0.0208 e. The van der Waals surface area contributed by atoms with Gasteiger partial charge in [0.1, 0.15) is 0 Å². The molecular formula is C16H26N2. The first-order chi connectivity index (χ1) is 8.90. The molecule has 0 radical (unpaired) electrons. The van der Waals surface area contributed by atoms with E-state index in [1.807, 2.05) is 7.05 Å². The molecule has 0 aromatic heterocycles. The molecule has 18 heavy (non-hydrogen) atoms. The number of hydrogen-bond donors (Lipinski definition) is 2. The molecule has 1 aromatic carbocycles. The van der Waals surface area contributed by atoms with E-state index in [-0.39, 0.29) is 0 Å². The summed E-state index contributed by atoms with van der Waals surface area (Å²) in [5.74, 6) is 1.06. The lowest BCUT2D eigenvalue weighted by Gasteiger charge is -2.10. The lowest BCUT2D eigenvalue weighted by Crippen LogP contribution is -2.17. The molecule has 2 nitrogen and oxygen atoms in total. The predicted octanol–water partition coefficient (Wildman–Crippen LogP) is 2.73. The van der Waals surface area contributed by atoms with Crippen LogP contribution in [0.4, 0.5) is 0 Å². The van der Waals surface area contributed by atoms with Crippen molar-refractivity contribution in [3.63, 3.8) is 0 Å². The van der Waals surface area contributed by atoms with Gasteiger partial charge < -0.3 is 10.6 Å². The summed E-state index contributed by atoms with van der Waals surface area (Å²) in [5, 5.41) is 6.80. The summed E-state index contributed by atoms with van der Waals surface area (Å²) in [5.41, 5.74) is 2.93. The zero-order valence-corrected chi connectivity index (χ0v) is 11.5. The van der Waals surface area contributed by atoms with Crippen molar-refractivity contribution in [2.75, 3.05) is 20.1 Å². The van der Waals surface area contributed by atoms with Crippen molar-refractivity contribution >= 4 is 0 Å². The summed E-state index contributed by atoms with van der Waals surface area (Å²) < 4.78 is 0. The standard InChI is InChI=1S/C16H26N2/c1-17-12-10-15-6-2-3-7-16(15)13-18-11-4-5-14-8-9-14/h2-3,6-7,14,17-18H,4-5,8-13H2,1H3. The van der Waals surface area contributed by atoms with Crippen LogP contribution in [0.3, 0.4) is 0 Å². The van der Waals surface area contributed by atoms with Crippen molar-refractivity contribution in [2.45, 2.75) is 38.6 Å². The average molecular weight is 246 g/mol. The molecular weight excluding hydrogens is 220 g/mol. The van der Waals surface area contributed by atoms with Gasteiger partial charge in [-0.3, -0.25) is 0 Å². The fourth-order valence-electron chi connectivity index (χ4n) is 2.38. The summed E-state index contributed by atoms with van der Waals surface area (Å²) in [6.07, 6.45) is 6.84. The van der Waals surface area contributed by atoms with Crippen LogP contribution in [0.25, 0.3) is 0 Å². The predicted molar refractivity (Wildman–Crippen MR) is 77.7 cm³/mol. The molecule has 2 rings (SSSR count). The summed E-state index contributed by atoms with van der Waals surface area (Å²) in [7, 11) is 2.01. The molecule has 0 aliphatic heterocycles. The highest BCUT2D eigenvalue weighted by Crippen LogP contribution is 2.33. The first kappa shape index (κ1) is 13.6. The molecule has 2 N–H and O–H groups in total. The van der Waals surface area contributed by atoms with Crippen LogP contribution < -0.4 is 10.6 Å². The van der Waals surface area contributed by atoms with E-state index in [9.17, 15) is 0 Å². The van der Waals surface area contributed by atoms with Crippen molar-refractivity contribution < 1.29 is 0 Å². The van der Waals surface area contributed by atoms with Crippen LogP contribution in [-0.2, 0) is 13.0 Å². The second kappa shape index (κ2) is 7.55. The molecule has 0 heterocycles. The van der Waals surface area contributed by atoms with Gasteiger partial charge in [-0.2, -0.15) is 0 Å². The van der Waals surface area contributed by atoms with Gasteiger partial charge in [0.2, 0.25) is 0 Å². The molecule has 0 atom stereocenters. The number of benzene rings is 1. The highest BCUT2D eigenvalue weighted by molar-refractivity contribution is 5.27. The van der Waals surface area contributed by atoms with E-state index < -0.39 is 0 Å². The van der Waals surface area contributed by atoms with Crippen molar-refractivity contribution in [1.82, 2.24) is 10.6 Å². The second-order valence-electron chi connectivity index (χ2n) is 5.38. The van der Waals surface area contributed by atoms with Crippen LogP contribution in [0.15, 0.2) is 24.3 Å². The minimum Gasteiger partial charge on any atom is -0.319 e. The normalized spacial score (nSPS) is 14.9. The van der Waals surface area contributed by atoms with E-state index in [0.29, 0.717) is 0 Å². The Morgan fingerprint density at radius 1 is 1.11 bits per heavy atom. The van der Waals surface area contributed by atoms with Crippen LogP contribution in [0.2, 0.25) is 0 Å². The maximum absolute atomic E-state index is 3.58. The summed E-state index contributed by atoms with van der Waals surface area (Å²) in [6, 6.07) is 8.78. The molecule has 0 amide bonds. The Labute approximate surface area is 111 Å². The third-order valence-corrected chi connectivity index (χ3v) is 3.74. The van der Waals surface area contributed by atoms with Crippen molar-refractivity contribution in [3.05, 3.63) is 35.4 Å². The maximum atomic E-state index is 3.58. The smallest absolute Gasteiger partial charge is 0.0208 e. The molecule has 1 aliphatic carbocycles. The highest BCUT2D eigenvalue weighted by atomic mass is 14.8. The molecule has 1 saturated carbocycles. The molecule has 1 aromatic rings. The van der Waals surface area contributed by atoms with Gasteiger partial charge in [0.05, 0.1) is 0 Å². The Hall–Kier alpha value is -0.860. The van der Waals surface area contributed by atoms with E-state index in [1.165, 1.54) is 36.8 Å². The summed E-state index contributed by atoms with van der Waals surface area (Å²) >= 11 is 0. The number of likely N-dealkylation sites (N-methyl/N-ethyl adjacent to an activating group) is 1. The third kappa shape index (κ3) is 4.79. The molecule has 1 aliphatic rings. The molecule has 100 valence electrons. The van der Waals surface area contributed by atoms with Gasteiger partial charge in [-0.05, 0) is 56.4 Å². The summed E-state index contributed by atoms with van der Waals surface area (Å²) in [4.78, 5) is 0. The number of hydrogen-bond acceptors (Lipinski definition) is 2. The molecule has 0 spiro atoms. The first-order valence-electron chi connectivity index (χ1n) is 7.32. The highest BCUT2D eigenvalue weighted by Gasteiger charge is 2.19. The Kier molecular flexibility index (Phi) is 5.69. The summed E-state index contributed by atoms with van der Waals surface area (Å²) in [6.45, 7) is 3.24. The Morgan fingerprint density at radius 3 is 2.61 bits per heavy atom. The van der Waals surface area contributed by atoms with Gasteiger partial charge in [-0.25, -0.2) is 0 Å². The van der Waals surface area contributed by atoms with Crippen molar-refractivity contribution in [3.8, 4) is 0 Å². The monoisotopic (exact) mass is 246 g/mol. The van der Waals surface area contributed by atoms with Gasteiger partial charge >= 0.3 is 0 Å². The largest absolute Gasteiger partial charge is 0.319 e. The Morgan fingerprint density at radius 2 is 1.89 bits per heavy atom. The fraction of sp³-hybridized carbons (Fsp3) is 0.625. The fourth-order valence-corrected chi connectivity index (χ4v) is 2.38. The van der Waals surface area contributed by atoms with E-state index in [1.54, 1.807) is 0 Å². The third-order valence-electron chi connectivity index (χ3n) is 3.74. The lowest BCUT2D eigenvalue weighted by molar-refractivity contribution is 0.592. The molecule has 1 fully saturated rings. The lowest BCUT2D eigenvalue weighted by atomic mass is 10.0. The van der Waals surface area contributed by atoms with E-state index in [2.05, 4.69) is 34.9 Å². The van der Waals surface area contributed by atoms with E-state index in [0.717, 1.165) is 32.0 Å². The Bertz CT molecular complexity index is 345. The molecule has 2 heteroatoms. The number of nitrogens with one attached hydrogen (secondary N) is 2. The average Bonchev–Trinajstić information content (AvgIpc) is 3.21.